The van der Waals surface area contributed by atoms with Crippen LogP contribution in [-0.2, 0) is 6.54 Å². The number of hydrogen-bond acceptors (Lipinski definition) is 4. The fraction of sp³-hybridized carbons (Fsp3) is 0.286. The monoisotopic (exact) mass is 377 g/mol. The number of fused-ring (bicyclic) bond motifs is 1. The smallest absolute Gasteiger partial charge is 0.272 e. The molecule has 0 aliphatic heterocycles. The lowest BCUT2D eigenvalue weighted by molar-refractivity contribution is 0.415. The number of rotatable bonds is 5. The van der Waals surface area contributed by atoms with Crippen LogP contribution in [0, 0.1) is 13.8 Å². The van der Waals surface area contributed by atoms with Gasteiger partial charge in [0.25, 0.3) is 5.56 Å². The number of aryl methyl sites for hydroxylation is 2. The van der Waals surface area contributed by atoms with Gasteiger partial charge in [0.2, 0.25) is 0 Å². The summed E-state index contributed by atoms with van der Waals surface area (Å²) in [5, 5.41) is 7.52. The van der Waals surface area contributed by atoms with Gasteiger partial charge in [-0.1, -0.05) is 6.92 Å². The van der Waals surface area contributed by atoms with Crippen molar-refractivity contribution < 1.29 is 4.74 Å². The van der Waals surface area contributed by atoms with E-state index in [1.807, 2.05) is 48.9 Å². The summed E-state index contributed by atoms with van der Waals surface area (Å²) in [5.74, 6) is 0.855. The van der Waals surface area contributed by atoms with Gasteiger partial charge < -0.3 is 4.74 Å². The first-order valence-corrected chi connectivity index (χ1v) is 9.23. The van der Waals surface area contributed by atoms with Gasteiger partial charge >= 0.3 is 0 Å². The molecule has 7 heteroatoms. The number of aromatic amines is 1. The maximum Gasteiger partial charge on any atom is 0.272 e. The Hall–Kier alpha value is -3.35. The Morgan fingerprint density at radius 1 is 1.18 bits per heavy atom. The highest BCUT2D eigenvalue weighted by atomic mass is 16.5. The summed E-state index contributed by atoms with van der Waals surface area (Å²) in [7, 11) is 1.64. The normalized spacial score (nSPS) is 12.4. The van der Waals surface area contributed by atoms with Crippen LogP contribution in [0.5, 0.6) is 5.75 Å². The highest BCUT2D eigenvalue weighted by molar-refractivity contribution is 5.70. The molecular formula is C21H23N5O2. The summed E-state index contributed by atoms with van der Waals surface area (Å²) >= 11 is 0. The van der Waals surface area contributed by atoms with Crippen molar-refractivity contribution in [1.82, 2.24) is 24.4 Å². The molecule has 0 spiro atoms. The molecule has 3 aromatic heterocycles. The van der Waals surface area contributed by atoms with E-state index >= 15 is 0 Å². The molecular weight excluding hydrogens is 354 g/mol. The van der Waals surface area contributed by atoms with Gasteiger partial charge in [0.1, 0.15) is 5.75 Å². The quantitative estimate of drug-likeness (QED) is 0.579. The zero-order chi connectivity index (χ0) is 19.8. The summed E-state index contributed by atoms with van der Waals surface area (Å²) in [6.07, 6.45) is 1.78. The molecule has 1 atom stereocenters. The number of nitrogens with zero attached hydrogens (tertiary/aromatic N) is 4. The van der Waals surface area contributed by atoms with Crippen LogP contribution in [0.25, 0.3) is 16.9 Å². The van der Waals surface area contributed by atoms with Crippen molar-refractivity contribution in [3.05, 3.63) is 69.9 Å². The molecule has 144 valence electrons. The maximum absolute atomic E-state index is 12.7. The third-order valence-electron chi connectivity index (χ3n) is 5.13. The topological polar surface area (TPSA) is 77.2 Å². The molecule has 0 amide bonds. The first kappa shape index (κ1) is 18.0. The minimum atomic E-state index is -0.119. The Bertz CT molecular complexity index is 1180. The lowest BCUT2D eigenvalue weighted by Crippen LogP contribution is -2.18. The highest BCUT2D eigenvalue weighted by Gasteiger charge is 2.17. The number of ether oxygens (including phenoxy) is 1. The van der Waals surface area contributed by atoms with Crippen LogP contribution in [0.15, 0.2) is 47.4 Å². The van der Waals surface area contributed by atoms with E-state index in [0.717, 1.165) is 34.0 Å². The van der Waals surface area contributed by atoms with Crippen molar-refractivity contribution in [1.29, 1.82) is 0 Å². The molecule has 0 saturated carbocycles. The van der Waals surface area contributed by atoms with Crippen molar-refractivity contribution >= 4 is 5.65 Å². The lowest BCUT2D eigenvalue weighted by atomic mass is 10.1. The van der Waals surface area contributed by atoms with Crippen molar-refractivity contribution in [2.45, 2.75) is 33.2 Å². The van der Waals surface area contributed by atoms with E-state index < -0.39 is 0 Å². The van der Waals surface area contributed by atoms with Gasteiger partial charge in [-0.25, -0.2) is 9.50 Å². The zero-order valence-electron chi connectivity index (χ0n) is 16.4. The van der Waals surface area contributed by atoms with Crippen LogP contribution in [0.4, 0.5) is 0 Å². The van der Waals surface area contributed by atoms with Crippen LogP contribution in [-0.4, -0.2) is 31.5 Å². The van der Waals surface area contributed by atoms with E-state index in [9.17, 15) is 4.79 Å². The largest absolute Gasteiger partial charge is 0.497 e. The van der Waals surface area contributed by atoms with E-state index in [1.165, 1.54) is 4.52 Å². The van der Waals surface area contributed by atoms with Gasteiger partial charge in [0.05, 0.1) is 18.5 Å². The lowest BCUT2D eigenvalue weighted by Gasteiger charge is -2.12. The van der Waals surface area contributed by atoms with Gasteiger partial charge in [-0.3, -0.25) is 14.6 Å². The summed E-state index contributed by atoms with van der Waals surface area (Å²) in [5.41, 5.74) is 5.17. The predicted octanol–water partition coefficient (Wildman–Crippen LogP) is 3.32. The molecule has 28 heavy (non-hydrogen) atoms. The minimum absolute atomic E-state index is 0.0648. The predicted molar refractivity (Wildman–Crippen MR) is 108 cm³/mol. The first-order valence-electron chi connectivity index (χ1n) is 9.23. The minimum Gasteiger partial charge on any atom is -0.497 e. The van der Waals surface area contributed by atoms with Gasteiger partial charge in [0.15, 0.2) is 5.65 Å². The molecule has 1 aromatic carbocycles. The van der Waals surface area contributed by atoms with Gasteiger partial charge in [0, 0.05) is 41.5 Å². The third kappa shape index (κ3) is 3.09. The Morgan fingerprint density at radius 2 is 1.93 bits per heavy atom. The van der Waals surface area contributed by atoms with E-state index in [1.54, 1.807) is 19.4 Å². The first-order chi connectivity index (χ1) is 13.5. The Kier molecular flexibility index (Phi) is 4.50. The Labute approximate surface area is 162 Å². The SMILES string of the molecule is COc1ccc(-c2[nH]n3c(=O)cc(C(C)Cn4nccc4C)nc3c2C)cc1. The molecule has 4 rings (SSSR count). The molecule has 0 fully saturated rings. The van der Waals surface area contributed by atoms with E-state index in [2.05, 4.69) is 17.1 Å². The summed E-state index contributed by atoms with van der Waals surface area (Å²) < 4.78 is 8.66. The molecule has 4 aromatic rings. The molecule has 0 radical (unpaired) electrons. The van der Waals surface area contributed by atoms with Crippen LogP contribution in [0.2, 0.25) is 0 Å². The van der Waals surface area contributed by atoms with Crippen molar-refractivity contribution in [2.24, 2.45) is 0 Å². The van der Waals surface area contributed by atoms with Crippen LogP contribution < -0.4 is 10.3 Å². The van der Waals surface area contributed by atoms with Gasteiger partial charge in [-0.2, -0.15) is 5.10 Å². The maximum atomic E-state index is 12.7. The van der Waals surface area contributed by atoms with E-state index in [-0.39, 0.29) is 11.5 Å². The van der Waals surface area contributed by atoms with E-state index in [0.29, 0.717) is 12.2 Å². The van der Waals surface area contributed by atoms with Crippen LogP contribution in [0.1, 0.15) is 29.8 Å². The molecule has 0 bridgehead atoms. The second kappa shape index (κ2) is 6.99. The van der Waals surface area contributed by atoms with Gasteiger partial charge in [-0.15, -0.1) is 0 Å². The number of methoxy groups -OCH3 is 1. The summed E-state index contributed by atoms with van der Waals surface area (Å²) in [6, 6.07) is 11.3. The fourth-order valence-electron chi connectivity index (χ4n) is 3.40. The van der Waals surface area contributed by atoms with Crippen molar-refractivity contribution in [3.8, 4) is 17.0 Å². The Morgan fingerprint density at radius 3 is 2.57 bits per heavy atom. The number of benzene rings is 1. The average Bonchev–Trinajstić information content (AvgIpc) is 3.25. The number of H-pyrrole nitrogens is 1. The highest BCUT2D eigenvalue weighted by Crippen LogP contribution is 2.26. The van der Waals surface area contributed by atoms with Crippen LogP contribution in [0.3, 0.4) is 0 Å². The zero-order valence-corrected chi connectivity index (χ0v) is 16.4. The van der Waals surface area contributed by atoms with Gasteiger partial charge in [-0.05, 0) is 44.2 Å². The molecule has 7 nitrogen and oxygen atoms in total. The summed E-state index contributed by atoms with van der Waals surface area (Å²) in [6.45, 7) is 6.73. The molecule has 0 aliphatic carbocycles. The average molecular weight is 377 g/mol. The number of nitrogens with one attached hydrogen (secondary N) is 1. The number of hydrogen-bond donors (Lipinski definition) is 1. The third-order valence-corrected chi connectivity index (χ3v) is 5.13. The molecule has 0 aliphatic rings. The Balaban J connectivity index is 1.74. The molecule has 1 N–H and O–H groups in total. The number of aromatic nitrogens is 5. The fourth-order valence-corrected chi connectivity index (χ4v) is 3.40. The van der Waals surface area contributed by atoms with Crippen LogP contribution >= 0.6 is 0 Å². The second-order valence-corrected chi connectivity index (χ2v) is 7.07. The summed E-state index contributed by atoms with van der Waals surface area (Å²) in [4.78, 5) is 17.5. The molecule has 0 saturated heterocycles. The van der Waals surface area contributed by atoms with E-state index in [4.69, 9.17) is 9.72 Å². The van der Waals surface area contributed by atoms with Crippen molar-refractivity contribution in [2.75, 3.05) is 7.11 Å². The molecule has 3 heterocycles. The second-order valence-electron chi connectivity index (χ2n) is 7.07. The standard InChI is InChI=1S/C21H23N5O2/c1-13(12-25-14(2)9-10-22-25)18-11-19(27)26-21(23-18)15(3)20(24-26)16-5-7-17(28-4)8-6-16/h5-11,13,24H,12H2,1-4H3. The molecule has 1 unspecified atom stereocenters. The van der Waals surface area contributed by atoms with Crippen molar-refractivity contribution in [3.63, 3.8) is 0 Å².